The molecule has 0 spiro atoms. The van der Waals surface area contributed by atoms with Gasteiger partial charge in [-0.3, -0.25) is 9.59 Å². The first-order valence-corrected chi connectivity index (χ1v) is 10.4. The molecule has 0 atom stereocenters. The molecular formula is C21H28ClN3O2S. The summed E-state index contributed by atoms with van der Waals surface area (Å²) in [6, 6.07) is 11.2. The van der Waals surface area contributed by atoms with Gasteiger partial charge in [0.2, 0.25) is 0 Å². The standard InChI is InChI=1S/C21H27N3O2S.ClH/c1-22-11-8-16-9-12-24(13-10-16)21(26)18-6-4-17(5-7-18)15-23-20(25)19-3-2-14-27-19;/h2-7,14,16,22H,8-13,15H2,1H3,(H,23,25);1H. The van der Waals surface area contributed by atoms with E-state index in [0.29, 0.717) is 11.4 Å². The second-order valence-corrected chi connectivity index (χ2v) is 7.93. The van der Waals surface area contributed by atoms with Crippen LogP contribution in [-0.4, -0.2) is 43.4 Å². The predicted octanol–water partition coefficient (Wildman–Crippen LogP) is 3.56. The molecule has 0 bridgehead atoms. The third kappa shape index (κ3) is 6.06. The summed E-state index contributed by atoms with van der Waals surface area (Å²) >= 11 is 1.43. The minimum atomic E-state index is -0.0636. The molecule has 28 heavy (non-hydrogen) atoms. The molecule has 1 aromatic carbocycles. The molecule has 3 rings (SSSR count). The van der Waals surface area contributed by atoms with Crippen molar-refractivity contribution < 1.29 is 9.59 Å². The molecule has 2 amide bonds. The highest BCUT2D eigenvalue weighted by molar-refractivity contribution is 7.12. The average molecular weight is 422 g/mol. The number of hydrogen-bond donors (Lipinski definition) is 2. The number of halogens is 1. The minimum Gasteiger partial charge on any atom is -0.347 e. The van der Waals surface area contributed by atoms with Gasteiger partial charge in [0.1, 0.15) is 0 Å². The Balaban J connectivity index is 0.00000280. The molecule has 0 unspecified atom stereocenters. The van der Waals surface area contributed by atoms with Crippen LogP contribution in [0.25, 0.3) is 0 Å². The number of likely N-dealkylation sites (tertiary alicyclic amines) is 1. The summed E-state index contributed by atoms with van der Waals surface area (Å²) in [7, 11) is 1.98. The van der Waals surface area contributed by atoms with Gasteiger partial charge in [0, 0.05) is 25.2 Å². The van der Waals surface area contributed by atoms with Gasteiger partial charge in [0.25, 0.3) is 11.8 Å². The molecule has 152 valence electrons. The lowest BCUT2D eigenvalue weighted by atomic mass is 9.93. The Hall–Kier alpha value is -1.89. The highest BCUT2D eigenvalue weighted by Crippen LogP contribution is 2.21. The smallest absolute Gasteiger partial charge is 0.261 e. The number of amides is 2. The molecule has 1 aliphatic heterocycles. The Morgan fingerprint density at radius 1 is 1.14 bits per heavy atom. The van der Waals surface area contributed by atoms with Crippen molar-refractivity contribution in [1.29, 1.82) is 0 Å². The SMILES string of the molecule is CNCCC1CCN(C(=O)c2ccc(CNC(=O)c3cccs3)cc2)CC1.Cl. The summed E-state index contributed by atoms with van der Waals surface area (Å²) in [5, 5.41) is 7.99. The molecule has 1 fully saturated rings. The normalized spacial score (nSPS) is 14.4. The van der Waals surface area contributed by atoms with Crippen LogP contribution in [0, 0.1) is 5.92 Å². The molecule has 0 aliphatic carbocycles. The molecular weight excluding hydrogens is 394 g/mol. The van der Waals surface area contributed by atoms with Crippen LogP contribution in [0.4, 0.5) is 0 Å². The average Bonchev–Trinajstić information content (AvgIpc) is 3.26. The lowest BCUT2D eigenvalue weighted by Gasteiger charge is -2.32. The number of hydrogen-bond acceptors (Lipinski definition) is 4. The highest BCUT2D eigenvalue weighted by atomic mass is 35.5. The number of thiophene rings is 1. The van der Waals surface area contributed by atoms with Crippen LogP contribution < -0.4 is 10.6 Å². The van der Waals surface area contributed by atoms with Crippen molar-refractivity contribution in [3.63, 3.8) is 0 Å². The topological polar surface area (TPSA) is 61.4 Å². The van der Waals surface area contributed by atoms with E-state index in [1.54, 1.807) is 0 Å². The van der Waals surface area contributed by atoms with Gasteiger partial charge in [0.15, 0.2) is 0 Å². The summed E-state index contributed by atoms with van der Waals surface area (Å²) in [6.07, 6.45) is 3.35. The van der Waals surface area contributed by atoms with Gasteiger partial charge in [-0.15, -0.1) is 23.7 Å². The van der Waals surface area contributed by atoms with E-state index in [0.717, 1.165) is 49.5 Å². The van der Waals surface area contributed by atoms with E-state index in [1.165, 1.54) is 17.8 Å². The fourth-order valence-corrected chi connectivity index (χ4v) is 4.04. The Kier molecular flexibility index (Phi) is 8.96. The van der Waals surface area contributed by atoms with E-state index < -0.39 is 0 Å². The van der Waals surface area contributed by atoms with Crippen molar-refractivity contribution in [2.24, 2.45) is 5.92 Å². The fourth-order valence-electron chi connectivity index (χ4n) is 3.40. The molecule has 2 N–H and O–H groups in total. The third-order valence-corrected chi connectivity index (χ3v) is 5.97. The molecule has 2 aromatic rings. The number of nitrogens with one attached hydrogen (secondary N) is 2. The van der Waals surface area contributed by atoms with E-state index in [9.17, 15) is 9.59 Å². The zero-order valence-electron chi connectivity index (χ0n) is 16.1. The molecule has 1 aliphatic rings. The van der Waals surface area contributed by atoms with Gasteiger partial charge in [-0.2, -0.15) is 0 Å². The van der Waals surface area contributed by atoms with Gasteiger partial charge >= 0.3 is 0 Å². The number of carbonyl (C=O) groups excluding carboxylic acids is 2. The van der Waals surface area contributed by atoms with Gasteiger partial charge in [-0.05, 0) is 67.9 Å². The van der Waals surface area contributed by atoms with Crippen LogP contribution in [0.2, 0.25) is 0 Å². The molecule has 0 radical (unpaired) electrons. The quantitative estimate of drug-likeness (QED) is 0.718. The Bertz CT molecular complexity index is 742. The maximum absolute atomic E-state index is 12.7. The lowest BCUT2D eigenvalue weighted by molar-refractivity contribution is 0.0687. The van der Waals surface area contributed by atoms with E-state index in [4.69, 9.17) is 0 Å². The largest absolute Gasteiger partial charge is 0.347 e. The van der Waals surface area contributed by atoms with E-state index in [1.807, 2.05) is 53.7 Å². The van der Waals surface area contributed by atoms with Crippen molar-refractivity contribution >= 4 is 35.6 Å². The summed E-state index contributed by atoms with van der Waals surface area (Å²) in [5.74, 6) is 0.762. The monoisotopic (exact) mass is 421 g/mol. The number of carbonyl (C=O) groups is 2. The number of rotatable bonds is 7. The van der Waals surface area contributed by atoms with Crippen LogP contribution in [0.3, 0.4) is 0 Å². The van der Waals surface area contributed by atoms with Crippen LogP contribution >= 0.6 is 23.7 Å². The van der Waals surface area contributed by atoms with Gasteiger partial charge in [-0.25, -0.2) is 0 Å². The number of benzene rings is 1. The van der Waals surface area contributed by atoms with Crippen LogP contribution in [0.15, 0.2) is 41.8 Å². The van der Waals surface area contributed by atoms with Crippen molar-refractivity contribution in [3.8, 4) is 0 Å². The molecule has 1 aromatic heterocycles. The minimum absolute atomic E-state index is 0. The van der Waals surface area contributed by atoms with Crippen LogP contribution in [-0.2, 0) is 6.54 Å². The van der Waals surface area contributed by atoms with Gasteiger partial charge in [-0.1, -0.05) is 18.2 Å². The first-order valence-electron chi connectivity index (χ1n) is 9.52. The highest BCUT2D eigenvalue weighted by Gasteiger charge is 2.23. The molecule has 5 nitrogen and oxygen atoms in total. The molecule has 2 heterocycles. The van der Waals surface area contributed by atoms with E-state index in [2.05, 4.69) is 10.6 Å². The van der Waals surface area contributed by atoms with Gasteiger partial charge < -0.3 is 15.5 Å². The van der Waals surface area contributed by atoms with Gasteiger partial charge in [0.05, 0.1) is 4.88 Å². The van der Waals surface area contributed by atoms with Crippen molar-refractivity contribution in [1.82, 2.24) is 15.5 Å². The Morgan fingerprint density at radius 3 is 2.46 bits per heavy atom. The lowest BCUT2D eigenvalue weighted by Crippen LogP contribution is -2.39. The van der Waals surface area contributed by atoms with Crippen molar-refractivity contribution in [3.05, 3.63) is 57.8 Å². The van der Waals surface area contributed by atoms with Crippen LogP contribution in [0.5, 0.6) is 0 Å². The maximum Gasteiger partial charge on any atom is 0.261 e. The Labute approximate surface area is 176 Å². The second-order valence-electron chi connectivity index (χ2n) is 6.98. The fraction of sp³-hybridized carbons (Fsp3) is 0.429. The zero-order chi connectivity index (χ0) is 19.1. The third-order valence-electron chi connectivity index (χ3n) is 5.10. The summed E-state index contributed by atoms with van der Waals surface area (Å²) < 4.78 is 0. The Morgan fingerprint density at radius 2 is 1.86 bits per heavy atom. The van der Waals surface area contributed by atoms with Crippen molar-refractivity contribution in [2.75, 3.05) is 26.7 Å². The molecule has 1 saturated heterocycles. The zero-order valence-corrected chi connectivity index (χ0v) is 17.8. The van der Waals surface area contributed by atoms with E-state index >= 15 is 0 Å². The van der Waals surface area contributed by atoms with E-state index in [-0.39, 0.29) is 24.2 Å². The maximum atomic E-state index is 12.7. The number of piperidine rings is 1. The second kappa shape index (κ2) is 11.2. The van der Waals surface area contributed by atoms with Crippen LogP contribution in [0.1, 0.15) is 44.9 Å². The molecule has 7 heteroatoms. The summed E-state index contributed by atoms with van der Waals surface area (Å²) in [6.45, 7) is 3.18. The summed E-state index contributed by atoms with van der Waals surface area (Å²) in [5.41, 5.74) is 1.71. The first-order chi connectivity index (χ1) is 13.2. The first kappa shape index (κ1) is 22.4. The number of nitrogens with zero attached hydrogens (tertiary/aromatic N) is 1. The van der Waals surface area contributed by atoms with Crippen molar-refractivity contribution in [2.45, 2.75) is 25.8 Å². The predicted molar refractivity (Wildman–Crippen MR) is 116 cm³/mol. The summed E-state index contributed by atoms with van der Waals surface area (Å²) in [4.78, 5) is 27.4. The molecule has 0 saturated carbocycles.